The maximum absolute atomic E-state index is 11.9. The van der Waals surface area contributed by atoms with Crippen molar-refractivity contribution in [2.75, 3.05) is 13.7 Å². The molecule has 0 spiro atoms. The molecule has 0 saturated carbocycles. The second kappa shape index (κ2) is 7.74. The van der Waals surface area contributed by atoms with Gasteiger partial charge >= 0.3 is 11.9 Å². The Morgan fingerprint density at radius 2 is 1.85 bits per heavy atom. The van der Waals surface area contributed by atoms with Gasteiger partial charge in [-0.1, -0.05) is 30.3 Å². The number of fused-ring (bicyclic) bond motifs is 1. The summed E-state index contributed by atoms with van der Waals surface area (Å²) in [6.07, 6.45) is 0. The van der Waals surface area contributed by atoms with Gasteiger partial charge in [-0.05, 0) is 30.7 Å². The summed E-state index contributed by atoms with van der Waals surface area (Å²) in [5.41, 5.74) is 1.79. The maximum Gasteiger partial charge on any atom is 0.344 e. The summed E-state index contributed by atoms with van der Waals surface area (Å²) in [4.78, 5) is 23.7. The lowest BCUT2D eigenvalue weighted by Crippen LogP contribution is -2.14. The van der Waals surface area contributed by atoms with Gasteiger partial charge in [-0.25, -0.2) is 9.59 Å². The highest BCUT2D eigenvalue weighted by Gasteiger charge is 2.19. The summed E-state index contributed by atoms with van der Waals surface area (Å²) in [6, 6.07) is 14.4. The van der Waals surface area contributed by atoms with E-state index in [1.807, 2.05) is 30.3 Å². The maximum atomic E-state index is 11.9. The van der Waals surface area contributed by atoms with Crippen LogP contribution in [0.1, 0.15) is 21.7 Å². The molecule has 3 aromatic rings. The van der Waals surface area contributed by atoms with Crippen molar-refractivity contribution in [3.05, 3.63) is 65.4 Å². The number of methoxy groups -OCH3 is 1. The fraction of sp³-hybridized carbons (Fsp3) is 0.200. The average Bonchev–Trinajstić information content (AvgIpc) is 3.00. The average molecular weight is 354 g/mol. The molecular weight excluding hydrogens is 336 g/mol. The third-order valence-corrected chi connectivity index (χ3v) is 3.82. The zero-order chi connectivity index (χ0) is 18.5. The summed E-state index contributed by atoms with van der Waals surface area (Å²) >= 11 is 0. The lowest BCUT2D eigenvalue weighted by molar-refractivity contribution is -0.147. The molecule has 2 aromatic carbocycles. The molecule has 3 rings (SSSR count). The molecule has 0 N–H and O–H groups in total. The second-order valence-electron chi connectivity index (χ2n) is 5.62. The van der Waals surface area contributed by atoms with Crippen LogP contribution in [0.25, 0.3) is 11.0 Å². The molecule has 0 atom stereocenters. The molecule has 26 heavy (non-hydrogen) atoms. The summed E-state index contributed by atoms with van der Waals surface area (Å²) in [5, 5.41) is 0.574. The first-order valence-electron chi connectivity index (χ1n) is 8.02. The lowest BCUT2D eigenvalue weighted by Gasteiger charge is -2.07. The predicted molar refractivity (Wildman–Crippen MR) is 94.0 cm³/mol. The largest absolute Gasteiger partial charge is 0.482 e. The van der Waals surface area contributed by atoms with Crippen molar-refractivity contribution >= 4 is 22.9 Å². The van der Waals surface area contributed by atoms with Gasteiger partial charge in [0.1, 0.15) is 29.3 Å². The molecule has 0 radical (unpaired) electrons. The molecule has 1 aromatic heterocycles. The molecule has 1 heterocycles. The van der Waals surface area contributed by atoms with E-state index in [-0.39, 0.29) is 13.2 Å². The molecule has 0 bridgehead atoms. The minimum Gasteiger partial charge on any atom is -0.482 e. The Morgan fingerprint density at radius 3 is 2.58 bits per heavy atom. The van der Waals surface area contributed by atoms with Crippen molar-refractivity contribution in [2.45, 2.75) is 13.5 Å². The predicted octanol–water partition coefficient (Wildman–Crippen LogP) is 3.65. The van der Waals surface area contributed by atoms with Crippen molar-refractivity contribution in [1.82, 2.24) is 0 Å². The number of esters is 2. The molecular formula is C20H18O6. The van der Waals surface area contributed by atoms with Gasteiger partial charge < -0.3 is 18.6 Å². The van der Waals surface area contributed by atoms with E-state index in [1.165, 1.54) is 7.11 Å². The molecule has 0 aliphatic heterocycles. The van der Waals surface area contributed by atoms with Crippen LogP contribution in [0.4, 0.5) is 0 Å². The van der Waals surface area contributed by atoms with Crippen LogP contribution in [-0.4, -0.2) is 25.7 Å². The Kier molecular flexibility index (Phi) is 5.22. The van der Waals surface area contributed by atoms with Gasteiger partial charge in [-0.15, -0.1) is 0 Å². The summed E-state index contributed by atoms with van der Waals surface area (Å²) in [7, 11) is 1.31. The number of carbonyl (C=O) groups excluding carboxylic acids is 2. The van der Waals surface area contributed by atoms with E-state index in [0.717, 1.165) is 5.56 Å². The van der Waals surface area contributed by atoms with Crippen LogP contribution >= 0.6 is 0 Å². The van der Waals surface area contributed by atoms with Gasteiger partial charge in [0.05, 0.1) is 7.11 Å². The third-order valence-electron chi connectivity index (χ3n) is 3.82. The Hall–Kier alpha value is -3.28. The van der Waals surface area contributed by atoms with Gasteiger partial charge in [-0.2, -0.15) is 0 Å². The van der Waals surface area contributed by atoms with Crippen LogP contribution in [0.3, 0.4) is 0 Å². The van der Waals surface area contributed by atoms with E-state index in [1.54, 1.807) is 25.1 Å². The smallest absolute Gasteiger partial charge is 0.344 e. The molecule has 0 fully saturated rings. The third kappa shape index (κ3) is 3.85. The Balaban J connectivity index is 1.65. The Bertz CT molecular complexity index is 926. The SMILES string of the molecule is COC(=O)c1c(C)oc2ccc(OCC(=O)OCc3ccccc3)cc12. The van der Waals surface area contributed by atoms with Crippen LogP contribution in [0, 0.1) is 6.92 Å². The second-order valence-corrected chi connectivity index (χ2v) is 5.62. The normalized spacial score (nSPS) is 10.5. The molecule has 0 unspecified atom stereocenters. The van der Waals surface area contributed by atoms with Gasteiger partial charge in [0, 0.05) is 5.39 Å². The van der Waals surface area contributed by atoms with Crippen LogP contribution in [0.5, 0.6) is 5.75 Å². The van der Waals surface area contributed by atoms with E-state index in [4.69, 9.17) is 18.6 Å². The number of hydrogen-bond acceptors (Lipinski definition) is 6. The highest BCUT2D eigenvalue weighted by molar-refractivity contribution is 6.04. The lowest BCUT2D eigenvalue weighted by atomic mass is 10.1. The summed E-state index contributed by atoms with van der Waals surface area (Å²) in [6.45, 7) is 1.64. The van der Waals surface area contributed by atoms with Crippen LogP contribution in [0.15, 0.2) is 52.9 Å². The fourth-order valence-electron chi connectivity index (χ4n) is 2.57. The van der Waals surface area contributed by atoms with E-state index in [2.05, 4.69) is 0 Å². The fourth-order valence-corrected chi connectivity index (χ4v) is 2.57. The minimum absolute atomic E-state index is 0.190. The van der Waals surface area contributed by atoms with Crippen LogP contribution in [0.2, 0.25) is 0 Å². The Morgan fingerprint density at radius 1 is 1.08 bits per heavy atom. The standard InChI is InChI=1S/C20H18O6/c1-13-19(20(22)23-2)16-10-15(8-9-17(16)26-13)24-12-18(21)25-11-14-6-4-3-5-7-14/h3-10H,11-12H2,1-2H3. The summed E-state index contributed by atoms with van der Waals surface area (Å²) in [5.74, 6) is -0.0717. The topological polar surface area (TPSA) is 75.0 Å². The van der Waals surface area contributed by atoms with E-state index in [9.17, 15) is 9.59 Å². The number of ether oxygens (including phenoxy) is 3. The van der Waals surface area contributed by atoms with Crippen molar-refractivity contribution in [2.24, 2.45) is 0 Å². The number of aryl methyl sites for hydroxylation is 1. The van der Waals surface area contributed by atoms with Crippen molar-refractivity contribution in [1.29, 1.82) is 0 Å². The molecule has 6 nitrogen and oxygen atoms in total. The van der Waals surface area contributed by atoms with Crippen molar-refractivity contribution in [3.8, 4) is 5.75 Å². The van der Waals surface area contributed by atoms with Gasteiger partial charge in [0.2, 0.25) is 0 Å². The molecule has 0 aliphatic carbocycles. The van der Waals surface area contributed by atoms with Crippen LogP contribution in [-0.2, 0) is 20.9 Å². The highest BCUT2D eigenvalue weighted by atomic mass is 16.6. The molecule has 0 aliphatic rings. The first-order valence-corrected chi connectivity index (χ1v) is 8.02. The van der Waals surface area contributed by atoms with Crippen molar-refractivity contribution in [3.63, 3.8) is 0 Å². The molecule has 134 valence electrons. The Labute approximate surface area is 150 Å². The van der Waals surface area contributed by atoms with Gasteiger partial charge in [0.25, 0.3) is 0 Å². The van der Waals surface area contributed by atoms with Gasteiger partial charge in [-0.3, -0.25) is 0 Å². The zero-order valence-corrected chi connectivity index (χ0v) is 14.5. The monoisotopic (exact) mass is 354 g/mol. The first kappa shape index (κ1) is 17.5. The number of carbonyl (C=O) groups is 2. The minimum atomic E-state index is -0.485. The van der Waals surface area contributed by atoms with Gasteiger partial charge in [0.15, 0.2) is 6.61 Å². The number of rotatable bonds is 6. The zero-order valence-electron chi connectivity index (χ0n) is 14.5. The van der Waals surface area contributed by atoms with E-state index >= 15 is 0 Å². The summed E-state index contributed by atoms with van der Waals surface area (Å²) < 4.78 is 21.0. The van der Waals surface area contributed by atoms with E-state index < -0.39 is 11.9 Å². The van der Waals surface area contributed by atoms with Crippen LogP contribution < -0.4 is 4.74 Å². The quantitative estimate of drug-likeness (QED) is 0.629. The number of benzene rings is 2. The van der Waals surface area contributed by atoms with E-state index in [0.29, 0.717) is 28.0 Å². The first-order chi connectivity index (χ1) is 12.6. The number of furan rings is 1. The highest BCUT2D eigenvalue weighted by Crippen LogP contribution is 2.29. The van der Waals surface area contributed by atoms with Crippen molar-refractivity contribution < 1.29 is 28.2 Å². The molecule has 0 amide bonds. The number of hydrogen-bond donors (Lipinski definition) is 0. The molecule has 0 saturated heterocycles. The molecule has 6 heteroatoms.